The first-order valence-corrected chi connectivity index (χ1v) is 7.54. The number of likely N-dealkylation sites (tertiary alicyclic amines) is 1. The topological polar surface area (TPSA) is 67.6 Å². The number of anilines is 2. The van der Waals surface area contributed by atoms with Gasteiger partial charge in [-0.15, -0.1) is 0 Å². The number of benzene rings is 1. The molecular weight excluding hydrogens is 266 g/mol. The van der Waals surface area contributed by atoms with E-state index in [0.717, 1.165) is 25.6 Å². The first-order valence-electron chi connectivity index (χ1n) is 7.54. The van der Waals surface area contributed by atoms with Gasteiger partial charge in [0.15, 0.2) is 0 Å². The molecule has 5 heteroatoms. The summed E-state index contributed by atoms with van der Waals surface area (Å²) in [5.41, 5.74) is 6.99. The number of nitrogens with two attached hydrogens (primary N) is 1. The molecule has 0 spiro atoms. The van der Waals surface area contributed by atoms with Gasteiger partial charge in [0.1, 0.15) is 5.75 Å². The highest BCUT2D eigenvalue weighted by molar-refractivity contribution is 5.93. The lowest BCUT2D eigenvalue weighted by atomic mass is 10.0. The average molecular weight is 291 g/mol. The highest BCUT2D eigenvalue weighted by Gasteiger charge is 2.17. The summed E-state index contributed by atoms with van der Waals surface area (Å²) in [6.45, 7) is 5.26. The van der Waals surface area contributed by atoms with Gasteiger partial charge in [0.25, 0.3) is 0 Å². The molecule has 1 unspecified atom stereocenters. The van der Waals surface area contributed by atoms with Gasteiger partial charge in [-0.3, -0.25) is 4.79 Å². The van der Waals surface area contributed by atoms with Crippen molar-refractivity contribution >= 4 is 17.3 Å². The molecule has 1 heterocycles. The van der Waals surface area contributed by atoms with Crippen LogP contribution in [0.3, 0.4) is 0 Å². The van der Waals surface area contributed by atoms with Crippen LogP contribution in [-0.2, 0) is 4.79 Å². The molecule has 1 fully saturated rings. The Balaban J connectivity index is 1.85. The maximum Gasteiger partial charge on any atom is 0.225 e. The molecule has 0 aliphatic carbocycles. The van der Waals surface area contributed by atoms with E-state index in [1.807, 2.05) is 0 Å². The number of nitrogens with zero attached hydrogens (tertiary/aromatic N) is 1. The van der Waals surface area contributed by atoms with Gasteiger partial charge in [-0.2, -0.15) is 0 Å². The van der Waals surface area contributed by atoms with Crippen LogP contribution in [0.2, 0.25) is 0 Å². The van der Waals surface area contributed by atoms with Crippen LogP contribution in [0, 0.1) is 5.92 Å². The summed E-state index contributed by atoms with van der Waals surface area (Å²) < 4.78 is 5.23. The van der Waals surface area contributed by atoms with Crippen molar-refractivity contribution in [2.75, 3.05) is 37.8 Å². The number of hydrogen-bond donors (Lipinski definition) is 2. The molecule has 1 atom stereocenters. The van der Waals surface area contributed by atoms with Gasteiger partial charge in [0, 0.05) is 25.2 Å². The minimum atomic E-state index is -0.00266. The number of nitrogen functional groups attached to an aromatic ring is 1. The first-order chi connectivity index (χ1) is 10.1. The lowest BCUT2D eigenvalue weighted by Crippen LogP contribution is -2.36. The minimum Gasteiger partial charge on any atom is -0.495 e. The van der Waals surface area contributed by atoms with Crippen molar-refractivity contribution in [2.24, 2.45) is 5.92 Å². The standard InChI is InChI=1S/C16H25N3O2/c1-12-4-3-8-19(11-12)9-7-16(20)18-14-10-13(17)5-6-15(14)21-2/h5-6,10,12H,3-4,7-9,11,17H2,1-2H3,(H,18,20). The zero-order valence-electron chi connectivity index (χ0n) is 12.9. The van der Waals surface area contributed by atoms with E-state index in [2.05, 4.69) is 17.1 Å². The Kier molecular flexibility index (Phi) is 5.44. The number of carbonyl (C=O) groups is 1. The van der Waals surface area contributed by atoms with Gasteiger partial charge < -0.3 is 20.7 Å². The Morgan fingerprint density at radius 1 is 1.52 bits per heavy atom. The van der Waals surface area contributed by atoms with E-state index in [-0.39, 0.29) is 5.91 Å². The largest absolute Gasteiger partial charge is 0.495 e. The Hall–Kier alpha value is -1.75. The summed E-state index contributed by atoms with van der Waals surface area (Å²) in [6, 6.07) is 5.24. The quantitative estimate of drug-likeness (QED) is 0.817. The zero-order chi connectivity index (χ0) is 15.2. The molecule has 2 rings (SSSR count). The van der Waals surface area contributed by atoms with Crippen LogP contribution in [-0.4, -0.2) is 37.6 Å². The highest BCUT2D eigenvalue weighted by Crippen LogP contribution is 2.26. The van der Waals surface area contributed by atoms with E-state index in [4.69, 9.17) is 10.5 Å². The third-order valence-electron chi connectivity index (χ3n) is 3.89. The van der Waals surface area contributed by atoms with Crippen LogP contribution in [0.1, 0.15) is 26.2 Å². The Morgan fingerprint density at radius 2 is 2.33 bits per heavy atom. The molecule has 1 amide bonds. The monoisotopic (exact) mass is 291 g/mol. The number of piperidine rings is 1. The van der Waals surface area contributed by atoms with Crippen molar-refractivity contribution in [3.05, 3.63) is 18.2 Å². The molecule has 116 valence electrons. The Bertz CT molecular complexity index is 490. The molecule has 3 N–H and O–H groups in total. The number of nitrogens with one attached hydrogen (secondary N) is 1. The summed E-state index contributed by atoms with van der Waals surface area (Å²) in [4.78, 5) is 14.4. The fraction of sp³-hybridized carbons (Fsp3) is 0.562. The van der Waals surface area contributed by atoms with Crippen LogP contribution < -0.4 is 15.8 Å². The van der Waals surface area contributed by atoms with Crippen LogP contribution >= 0.6 is 0 Å². The van der Waals surface area contributed by atoms with Crippen molar-refractivity contribution in [1.29, 1.82) is 0 Å². The van der Waals surface area contributed by atoms with Crippen LogP contribution in [0.4, 0.5) is 11.4 Å². The molecule has 1 aromatic carbocycles. The van der Waals surface area contributed by atoms with E-state index in [1.54, 1.807) is 25.3 Å². The second kappa shape index (κ2) is 7.31. The second-order valence-corrected chi connectivity index (χ2v) is 5.81. The molecule has 0 aromatic heterocycles. The number of hydrogen-bond acceptors (Lipinski definition) is 4. The van der Waals surface area contributed by atoms with Gasteiger partial charge in [0.2, 0.25) is 5.91 Å². The number of ether oxygens (including phenoxy) is 1. The Morgan fingerprint density at radius 3 is 3.05 bits per heavy atom. The normalized spacial score (nSPS) is 19.2. The third-order valence-corrected chi connectivity index (χ3v) is 3.89. The summed E-state index contributed by atoms with van der Waals surface area (Å²) in [7, 11) is 1.58. The second-order valence-electron chi connectivity index (χ2n) is 5.81. The molecule has 21 heavy (non-hydrogen) atoms. The van der Waals surface area contributed by atoms with E-state index in [1.165, 1.54) is 12.8 Å². The van der Waals surface area contributed by atoms with Crippen molar-refractivity contribution in [1.82, 2.24) is 4.90 Å². The van der Waals surface area contributed by atoms with E-state index in [0.29, 0.717) is 23.5 Å². The smallest absolute Gasteiger partial charge is 0.225 e. The Labute approximate surface area is 126 Å². The van der Waals surface area contributed by atoms with Crippen LogP contribution in [0.15, 0.2) is 18.2 Å². The molecule has 5 nitrogen and oxygen atoms in total. The lowest BCUT2D eigenvalue weighted by molar-refractivity contribution is -0.116. The van der Waals surface area contributed by atoms with Gasteiger partial charge in [-0.1, -0.05) is 6.92 Å². The molecule has 1 aliphatic heterocycles. The SMILES string of the molecule is COc1ccc(N)cc1NC(=O)CCN1CCCC(C)C1. The molecular formula is C16H25N3O2. The lowest BCUT2D eigenvalue weighted by Gasteiger charge is -2.30. The molecule has 1 aromatic rings. The molecule has 0 saturated carbocycles. The van der Waals surface area contributed by atoms with Gasteiger partial charge in [0.05, 0.1) is 12.8 Å². The summed E-state index contributed by atoms with van der Waals surface area (Å²) in [5.74, 6) is 1.36. The van der Waals surface area contributed by atoms with E-state index >= 15 is 0 Å². The molecule has 1 aliphatic rings. The van der Waals surface area contributed by atoms with Crippen LogP contribution in [0.25, 0.3) is 0 Å². The third kappa shape index (κ3) is 4.63. The first kappa shape index (κ1) is 15.6. The maximum atomic E-state index is 12.1. The van der Waals surface area contributed by atoms with Gasteiger partial charge >= 0.3 is 0 Å². The van der Waals surface area contributed by atoms with Crippen LogP contribution in [0.5, 0.6) is 5.75 Å². The van der Waals surface area contributed by atoms with Crippen molar-refractivity contribution < 1.29 is 9.53 Å². The minimum absolute atomic E-state index is 0.00266. The summed E-state index contributed by atoms with van der Waals surface area (Å²) >= 11 is 0. The number of rotatable bonds is 5. The molecule has 0 bridgehead atoms. The predicted molar refractivity (Wildman–Crippen MR) is 85.5 cm³/mol. The summed E-state index contributed by atoms with van der Waals surface area (Å²) in [5, 5.41) is 2.88. The highest BCUT2D eigenvalue weighted by atomic mass is 16.5. The maximum absolute atomic E-state index is 12.1. The van der Waals surface area contributed by atoms with Gasteiger partial charge in [-0.05, 0) is 43.5 Å². The average Bonchev–Trinajstić information content (AvgIpc) is 2.45. The van der Waals surface area contributed by atoms with Crippen molar-refractivity contribution in [3.8, 4) is 5.75 Å². The van der Waals surface area contributed by atoms with E-state index in [9.17, 15) is 4.79 Å². The number of methoxy groups -OCH3 is 1. The molecule has 1 saturated heterocycles. The van der Waals surface area contributed by atoms with E-state index < -0.39 is 0 Å². The molecule has 0 radical (unpaired) electrons. The number of carbonyl (C=O) groups excluding carboxylic acids is 1. The fourth-order valence-electron chi connectivity index (χ4n) is 2.79. The van der Waals surface area contributed by atoms with Gasteiger partial charge in [-0.25, -0.2) is 0 Å². The predicted octanol–water partition coefficient (Wildman–Crippen LogP) is 2.34. The number of amides is 1. The zero-order valence-corrected chi connectivity index (χ0v) is 12.9. The fourth-order valence-corrected chi connectivity index (χ4v) is 2.79. The van der Waals surface area contributed by atoms with Crippen molar-refractivity contribution in [2.45, 2.75) is 26.2 Å². The summed E-state index contributed by atoms with van der Waals surface area (Å²) in [6.07, 6.45) is 3.01. The van der Waals surface area contributed by atoms with Crippen molar-refractivity contribution in [3.63, 3.8) is 0 Å².